The quantitative estimate of drug-likeness (QED) is 0.691. The van der Waals surface area contributed by atoms with Crippen molar-refractivity contribution < 1.29 is 14.3 Å². The fourth-order valence-corrected chi connectivity index (χ4v) is 0.813. The summed E-state index contributed by atoms with van der Waals surface area (Å²) < 4.78 is 12.4. The maximum absolute atomic E-state index is 12.4. The van der Waals surface area contributed by atoms with Gasteiger partial charge in [0.15, 0.2) is 0 Å². The summed E-state index contributed by atoms with van der Waals surface area (Å²) in [7, 11) is 0. The van der Waals surface area contributed by atoms with E-state index in [1.807, 2.05) is 0 Å². The molecule has 1 aromatic rings. The van der Waals surface area contributed by atoms with Crippen molar-refractivity contribution in [3.63, 3.8) is 0 Å². The summed E-state index contributed by atoms with van der Waals surface area (Å²) in [5.41, 5.74) is 5.66. The molecule has 12 heavy (non-hydrogen) atoms. The molecule has 0 aliphatic carbocycles. The molecule has 0 bridgehead atoms. The maximum Gasteiger partial charge on any atom is 0.325 e. The van der Waals surface area contributed by atoms with Crippen LogP contribution in [0.1, 0.15) is 11.6 Å². The van der Waals surface area contributed by atoms with Crippen molar-refractivity contribution in [2.75, 3.05) is 0 Å². The van der Waals surface area contributed by atoms with Crippen LogP contribution in [-0.4, -0.2) is 11.1 Å². The van der Waals surface area contributed by atoms with Gasteiger partial charge in [0.2, 0.25) is 0 Å². The zero-order chi connectivity index (χ0) is 9.14. The first-order valence-corrected chi connectivity index (χ1v) is 3.35. The van der Waals surface area contributed by atoms with Crippen molar-refractivity contribution in [3.8, 4) is 0 Å². The number of carbonyl (C=O) groups is 1. The highest BCUT2D eigenvalue weighted by Crippen LogP contribution is 2.10. The first-order valence-electron chi connectivity index (χ1n) is 3.35. The van der Waals surface area contributed by atoms with Gasteiger partial charge in [0.25, 0.3) is 0 Å². The van der Waals surface area contributed by atoms with Crippen LogP contribution in [0.25, 0.3) is 0 Å². The van der Waals surface area contributed by atoms with Gasteiger partial charge in [-0.05, 0) is 17.7 Å². The topological polar surface area (TPSA) is 63.3 Å². The average molecular weight is 169 g/mol. The molecule has 0 aliphatic heterocycles. The Kier molecular flexibility index (Phi) is 2.40. The molecule has 1 rings (SSSR count). The minimum absolute atomic E-state index is 0.393. The Labute approximate surface area is 68.6 Å². The molecule has 3 N–H and O–H groups in total. The van der Waals surface area contributed by atoms with E-state index in [0.717, 1.165) is 0 Å². The third kappa shape index (κ3) is 1.79. The van der Waals surface area contributed by atoms with Crippen molar-refractivity contribution in [3.05, 3.63) is 35.6 Å². The highest BCUT2D eigenvalue weighted by Gasteiger charge is 2.13. The molecule has 0 amide bonds. The number of aliphatic carboxylic acids is 1. The lowest BCUT2D eigenvalue weighted by Gasteiger charge is -2.05. The van der Waals surface area contributed by atoms with E-state index in [4.69, 9.17) is 10.8 Å². The highest BCUT2D eigenvalue weighted by atomic mass is 19.1. The number of carboxylic acids is 1. The Hall–Kier alpha value is -1.42. The smallest absolute Gasteiger partial charge is 0.325 e. The first kappa shape index (κ1) is 8.67. The van der Waals surface area contributed by atoms with Gasteiger partial charge in [-0.25, -0.2) is 4.39 Å². The molecule has 0 heterocycles. The van der Waals surface area contributed by atoms with Crippen LogP contribution in [-0.2, 0) is 4.79 Å². The third-order valence-electron chi connectivity index (χ3n) is 1.50. The number of rotatable bonds is 2. The molecule has 0 unspecified atom stereocenters. The molecule has 0 saturated heterocycles. The Bertz CT molecular complexity index is 284. The van der Waals surface area contributed by atoms with Gasteiger partial charge in [0.1, 0.15) is 11.9 Å². The van der Waals surface area contributed by atoms with Crippen LogP contribution >= 0.6 is 0 Å². The number of halogens is 1. The maximum atomic E-state index is 12.4. The normalized spacial score (nSPS) is 12.5. The van der Waals surface area contributed by atoms with E-state index in [9.17, 15) is 9.18 Å². The lowest BCUT2D eigenvalue weighted by Crippen LogP contribution is -2.20. The molecule has 0 aliphatic rings. The fraction of sp³-hybridized carbons (Fsp3) is 0.125. The molecule has 1 aromatic carbocycles. The van der Waals surface area contributed by atoms with E-state index in [-0.39, 0.29) is 0 Å². The SMILES string of the molecule is N[C@@H](C(=O)O)c1ccc(F)cc1. The van der Waals surface area contributed by atoms with E-state index in [0.29, 0.717) is 5.56 Å². The van der Waals surface area contributed by atoms with Gasteiger partial charge >= 0.3 is 5.97 Å². The van der Waals surface area contributed by atoms with Crippen molar-refractivity contribution in [1.29, 1.82) is 0 Å². The molecular weight excluding hydrogens is 161 g/mol. The van der Waals surface area contributed by atoms with Gasteiger partial charge in [-0.15, -0.1) is 0 Å². The molecule has 1 atom stereocenters. The molecule has 0 fully saturated rings. The minimum atomic E-state index is -1.12. The largest absolute Gasteiger partial charge is 0.480 e. The lowest BCUT2D eigenvalue weighted by molar-refractivity contribution is -0.138. The number of carboxylic acid groups (broad SMARTS) is 1. The predicted octanol–water partition coefficient (Wildman–Crippen LogP) is 0.910. The Balaban J connectivity index is 2.89. The summed E-state index contributed by atoms with van der Waals surface area (Å²) in [5.74, 6) is -1.53. The van der Waals surface area contributed by atoms with E-state index in [2.05, 4.69) is 0 Å². The van der Waals surface area contributed by atoms with Crippen LogP contribution in [0.5, 0.6) is 0 Å². The van der Waals surface area contributed by atoms with Crippen LogP contribution < -0.4 is 5.73 Å². The monoisotopic (exact) mass is 169 g/mol. The zero-order valence-electron chi connectivity index (χ0n) is 6.20. The van der Waals surface area contributed by atoms with Gasteiger partial charge < -0.3 is 10.8 Å². The van der Waals surface area contributed by atoms with Crippen molar-refractivity contribution in [1.82, 2.24) is 0 Å². The number of nitrogens with two attached hydrogens (primary N) is 1. The zero-order valence-corrected chi connectivity index (χ0v) is 6.20. The van der Waals surface area contributed by atoms with Crippen LogP contribution in [0.2, 0.25) is 0 Å². The van der Waals surface area contributed by atoms with E-state index < -0.39 is 17.8 Å². The minimum Gasteiger partial charge on any atom is -0.480 e. The van der Waals surface area contributed by atoms with Crippen molar-refractivity contribution in [2.24, 2.45) is 5.73 Å². The molecular formula is C8H8FNO2. The third-order valence-corrected chi connectivity index (χ3v) is 1.50. The van der Waals surface area contributed by atoms with Crippen LogP contribution in [0, 0.1) is 5.82 Å². The van der Waals surface area contributed by atoms with Crippen LogP contribution in [0.3, 0.4) is 0 Å². The molecule has 4 heteroatoms. The second-order valence-electron chi connectivity index (χ2n) is 2.37. The molecule has 0 saturated carbocycles. The Morgan fingerprint density at radius 3 is 2.33 bits per heavy atom. The van der Waals surface area contributed by atoms with Gasteiger partial charge in [0.05, 0.1) is 0 Å². The molecule has 64 valence electrons. The summed E-state index contributed by atoms with van der Waals surface area (Å²) in [6.07, 6.45) is 0. The standard InChI is InChI=1S/C8H8FNO2/c9-6-3-1-5(2-4-6)7(10)8(11)12/h1-4,7H,10H2,(H,11,12)/t7-/m1/s1. The molecule has 0 radical (unpaired) electrons. The van der Waals surface area contributed by atoms with Crippen LogP contribution in [0.4, 0.5) is 4.39 Å². The summed E-state index contributed by atoms with van der Waals surface area (Å²) in [5, 5.41) is 8.49. The van der Waals surface area contributed by atoms with E-state index in [1.165, 1.54) is 24.3 Å². The predicted molar refractivity (Wildman–Crippen MR) is 41.0 cm³/mol. The van der Waals surface area contributed by atoms with Crippen molar-refractivity contribution >= 4 is 5.97 Å². The van der Waals surface area contributed by atoms with Gasteiger partial charge in [0, 0.05) is 0 Å². The molecule has 0 spiro atoms. The lowest BCUT2D eigenvalue weighted by atomic mass is 10.1. The van der Waals surface area contributed by atoms with E-state index in [1.54, 1.807) is 0 Å². The summed E-state index contributed by atoms with van der Waals surface area (Å²) in [4.78, 5) is 10.4. The first-order chi connectivity index (χ1) is 5.61. The second kappa shape index (κ2) is 3.32. The van der Waals surface area contributed by atoms with Gasteiger partial charge in [-0.1, -0.05) is 12.1 Å². The highest BCUT2D eigenvalue weighted by molar-refractivity contribution is 5.75. The molecule has 3 nitrogen and oxygen atoms in total. The summed E-state index contributed by atoms with van der Waals surface area (Å²) in [6, 6.07) is 3.99. The van der Waals surface area contributed by atoms with Crippen molar-refractivity contribution in [2.45, 2.75) is 6.04 Å². The molecule has 0 aromatic heterocycles. The number of hydrogen-bond donors (Lipinski definition) is 2. The van der Waals surface area contributed by atoms with E-state index >= 15 is 0 Å². The second-order valence-corrected chi connectivity index (χ2v) is 2.37. The Morgan fingerprint density at radius 2 is 1.92 bits per heavy atom. The Morgan fingerprint density at radius 1 is 1.42 bits per heavy atom. The average Bonchev–Trinajstić information content (AvgIpc) is 2.04. The number of benzene rings is 1. The van der Waals surface area contributed by atoms with Crippen LogP contribution in [0.15, 0.2) is 24.3 Å². The van der Waals surface area contributed by atoms with Gasteiger partial charge in [-0.3, -0.25) is 4.79 Å². The number of hydrogen-bond acceptors (Lipinski definition) is 2. The fourth-order valence-electron chi connectivity index (χ4n) is 0.813. The summed E-state index contributed by atoms with van der Waals surface area (Å²) in [6.45, 7) is 0. The van der Waals surface area contributed by atoms with Gasteiger partial charge in [-0.2, -0.15) is 0 Å². The summed E-state index contributed by atoms with van der Waals surface area (Å²) >= 11 is 0.